The SMILES string of the molecule is CC1(C)C2CC3CC4C(C2)C341. The third kappa shape index (κ3) is 0.290. The highest BCUT2D eigenvalue weighted by atomic mass is 14.9. The largest absolute Gasteiger partial charge is 0.0591 e. The van der Waals surface area contributed by atoms with Crippen molar-refractivity contribution in [3.8, 4) is 0 Å². The molecular formula is C11H16. The molecule has 5 atom stereocenters. The monoisotopic (exact) mass is 148 g/mol. The van der Waals surface area contributed by atoms with Crippen LogP contribution in [0.5, 0.6) is 0 Å². The van der Waals surface area contributed by atoms with Crippen molar-refractivity contribution < 1.29 is 0 Å². The summed E-state index contributed by atoms with van der Waals surface area (Å²) in [5.41, 5.74) is 1.68. The normalized spacial score (nSPS) is 72.5. The minimum Gasteiger partial charge on any atom is -0.0591 e. The van der Waals surface area contributed by atoms with Crippen molar-refractivity contribution in [1.82, 2.24) is 0 Å². The maximum atomic E-state index is 2.55. The standard InChI is InChI=1S/C11H16/c1-10(2)6-3-7-5-9-8(4-6)11(7,9)10/h6-9H,3-5H2,1-2H3. The van der Waals surface area contributed by atoms with Crippen molar-refractivity contribution in [2.45, 2.75) is 33.1 Å². The summed E-state index contributed by atoms with van der Waals surface area (Å²) < 4.78 is 0. The first kappa shape index (κ1) is 5.61. The third-order valence-corrected chi connectivity index (χ3v) is 6.06. The number of fused-ring (bicyclic) bond motifs is 2. The molecule has 4 rings (SSSR count). The Bertz CT molecular complexity index is 243. The third-order valence-electron chi connectivity index (χ3n) is 6.06. The van der Waals surface area contributed by atoms with E-state index in [1.165, 1.54) is 17.8 Å². The summed E-state index contributed by atoms with van der Waals surface area (Å²) >= 11 is 0. The first-order valence-corrected chi connectivity index (χ1v) is 5.19. The van der Waals surface area contributed by atoms with Gasteiger partial charge in [-0.3, -0.25) is 0 Å². The fourth-order valence-electron chi connectivity index (χ4n) is 5.69. The molecule has 1 spiro atoms. The second-order valence-electron chi connectivity index (χ2n) is 5.97. The molecule has 0 aromatic carbocycles. The lowest BCUT2D eigenvalue weighted by molar-refractivity contribution is 0.0859. The summed E-state index contributed by atoms with van der Waals surface area (Å²) in [7, 11) is 0. The van der Waals surface area contributed by atoms with E-state index in [4.69, 9.17) is 0 Å². The van der Waals surface area contributed by atoms with Crippen molar-refractivity contribution in [2.75, 3.05) is 0 Å². The Kier molecular flexibility index (Phi) is 0.567. The number of hydrogen-bond acceptors (Lipinski definition) is 0. The van der Waals surface area contributed by atoms with Crippen LogP contribution in [0.15, 0.2) is 0 Å². The van der Waals surface area contributed by atoms with Gasteiger partial charge in [0.2, 0.25) is 0 Å². The summed E-state index contributed by atoms with van der Waals surface area (Å²) in [6.07, 6.45) is 4.82. The molecule has 60 valence electrons. The van der Waals surface area contributed by atoms with Crippen LogP contribution in [-0.4, -0.2) is 0 Å². The van der Waals surface area contributed by atoms with E-state index < -0.39 is 0 Å². The maximum absolute atomic E-state index is 2.55. The Morgan fingerprint density at radius 1 is 0.909 bits per heavy atom. The second-order valence-corrected chi connectivity index (χ2v) is 5.97. The van der Waals surface area contributed by atoms with Crippen LogP contribution in [0.3, 0.4) is 0 Å². The van der Waals surface area contributed by atoms with Crippen LogP contribution >= 0.6 is 0 Å². The van der Waals surface area contributed by atoms with Crippen LogP contribution in [0.1, 0.15) is 33.1 Å². The number of rotatable bonds is 0. The molecule has 2 bridgehead atoms. The molecular weight excluding hydrogens is 132 g/mol. The van der Waals surface area contributed by atoms with Crippen LogP contribution in [-0.2, 0) is 0 Å². The molecule has 0 heteroatoms. The molecule has 0 radical (unpaired) electrons. The lowest BCUT2D eigenvalue weighted by Gasteiger charge is -2.39. The molecule has 4 aliphatic carbocycles. The lowest BCUT2D eigenvalue weighted by Crippen LogP contribution is -2.33. The average Bonchev–Trinajstić information content (AvgIpc) is 2.37. The van der Waals surface area contributed by atoms with Crippen molar-refractivity contribution >= 4 is 0 Å². The molecule has 4 fully saturated rings. The van der Waals surface area contributed by atoms with Gasteiger partial charge in [0.25, 0.3) is 0 Å². The van der Waals surface area contributed by atoms with Gasteiger partial charge in [-0.15, -0.1) is 0 Å². The summed E-state index contributed by atoms with van der Waals surface area (Å²) in [5.74, 6) is 4.73. The highest BCUT2D eigenvalue weighted by molar-refractivity contribution is 5.35. The highest BCUT2D eigenvalue weighted by Crippen LogP contribution is 2.93. The van der Waals surface area contributed by atoms with Gasteiger partial charge < -0.3 is 0 Å². The molecule has 0 saturated heterocycles. The van der Waals surface area contributed by atoms with Gasteiger partial charge in [0.1, 0.15) is 0 Å². The van der Waals surface area contributed by atoms with Crippen molar-refractivity contribution in [3.63, 3.8) is 0 Å². The molecule has 5 unspecified atom stereocenters. The fraction of sp³-hybridized carbons (Fsp3) is 1.00. The van der Waals surface area contributed by atoms with Gasteiger partial charge in [0.15, 0.2) is 0 Å². The zero-order valence-electron chi connectivity index (χ0n) is 7.43. The quantitative estimate of drug-likeness (QED) is 0.495. The van der Waals surface area contributed by atoms with Crippen LogP contribution < -0.4 is 0 Å². The summed E-state index contributed by atoms with van der Waals surface area (Å²) in [6.45, 7) is 5.10. The van der Waals surface area contributed by atoms with Gasteiger partial charge in [0, 0.05) is 0 Å². The maximum Gasteiger partial charge on any atom is -0.0153 e. The molecule has 0 heterocycles. The Morgan fingerprint density at radius 2 is 1.55 bits per heavy atom. The number of hydrogen-bond donors (Lipinski definition) is 0. The molecule has 0 aromatic rings. The van der Waals surface area contributed by atoms with Gasteiger partial charge in [-0.05, 0) is 53.8 Å². The summed E-state index contributed by atoms with van der Waals surface area (Å²) in [6, 6.07) is 0. The zero-order chi connectivity index (χ0) is 7.43. The minimum atomic E-state index is 0.755. The Balaban J connectivity index is 1.98. The van der Waals surface area contributed by atoms with E-state index in [1.54, 1.807) is 19.3 Å². The Labute approximate surface area is 68.4 Å². The minimum absolute atomic E-state index is 0.755. The second kappa shape index (κ2) is 1.11. The predicted molar refractivity (Wildman–Crippen MR) is 44.0 cm³/mol. The predicted octanol–water partition coefficient (Wildman–Crippen LogP) is 2.69. The van der Waals surface area contributed by atoms with Crippen LogP contribution in [0.25, 0.3) is 0 Å². The van der Waals surface area contributed by atoms with Gasteiger partial charge in [-0.2, -0.15) is 0 Å². The molecule has 0 nitrogen and oxygen atoms in total. The van der Waals surface area contributed by atoms with Crippen LogP contribution in [0, 0.1) is 34.5 Å². The topological polar surface area (TPSA) is 0 Å². The van der Waals surface area contributed by atoms with Gasteiger partial charge >= 0.3 is 0 Å². The van der Waals surface area contributed by atoms with Crippen LogP contribution in [0.4, 0.5) is 0 Å². The van der Waals surface area contributed by atoms with E-state index in [0.717, 1.165) is 16.7 Å². The molecule has 11 heavy (non-hydrogen) atoms. The highest BCUT2D eigenvalue weighted by Gasteiger charge is 2.88. The lowest BCUT2D eigenvalue weighted by atomic mass is 9.65. The molecule has 0 aliphatic heterocycles. The Hall–Kier alpha value is 0. The van der Waals surface area contributed by atoms with Crippen molar-refractivity contribution in [3.05, 3.63) is 0 Å². The van der Waals surface area contributed by atoms with Crippen molar-refractivity contribution in [2.24, 2.45) is 34.5 Å². The average molecular weight is 148 g/mol. The zero-order valence-corrected chi connectivity index (χ0v) is 7.43. The molecule has 4 saturated carbocycles. The molecule has 4 aliphatic rings. The summed E-state index contributed by atoms with van der Waals surface area (Å²) in [4.78, 5) is 0. The Morgan fingerprint density at radius 3 is 2.00 bits per heavy atom. The van der Waals surface area contributed by atoms with Crippen molar-refractivity contribution in [1.29, 1.82) is 0 Å². The van der Waals surface area contributed by atoms with Crippen LogP contribution in [0.2, 0.25) is 0 Å². The first-order valence-electron chi connectivity index (χ1n) is 5.19. The van der Waals surface area contributed by atoms with E-state index in [9.17, 15) is 0 Å². The fourth-order valence-corrected chi connectivity index (χ4v) is 5.69. The molecule has 0 amide bonds. The summed E-state index contributed by atoms with van der Waals surface area (Å²) in [5, 5.41) is 0. The van der Waals surface area contributed by atoms with E-state index >= 15 is 0 Å². The molecule has 0 aromatic heterocycles. The van der Waals surface area contributed by atoms with E-state index in [2.05, 4.69) is 13.8 Å². The van der Waals surface area contributed by atoms with E-state index in [1.807, 2.05) is 0 Å². The first-order chi connectivity index (χ1) is 5.19. The smallest absolute Gasteiger partial charge is 0.0153 e. The van der Waals surface area contributed by atoms with E-state index in [-0.39, 0.29) is 0 Å². The van der Waals surface area contributed by atoms with Gasteiger partial charge in [-0.1, -0.05) is 13.8 Å². The van der Waals surface area contributed by atoms with Gasteiger partial charge in [0.05, 0.1) is 0 Å². The van der Waals surface area contributed by atoms with E-state index in [0.29, 0.717) is 0 Å². The van der Waals surface area contributed by atoms with Gasteiger partial charge in [-0.25, -0.2) is 0 Å². The molecule has 0 N–H and O–H groups in total.